The van der Waals surface area contributed by atoms with E-state index in [2.05, 4.69) is 61.1 Å². The van der Waals surface area contributed by atoms with Crippen LogP contribution in [0.15, 0.2) is 60.7 Å². The number of fused-ring (bicyclic) bond motifs is 1. The monoisotopic (exact) mass is 499 g/mol. The Kier molecular flexibility index (Phi) is 6.97. The van der Waals surface area contributed by atoms with Crippen LogP contribution in [-0.2, 0) is 11.2 Å². The molecule has 0 spiro atoms. The summed E-state index contributed by atoms with van der Waals surface area (Å²) in [5.41, 5.74) is 13.0. The van der Waals surface area contributed by atoms with E-state index in [0.717, 1.165) is 40.0 Å². The highest BCUT2D eigenvalue weighted by molar-refractivity contribution is 5.86. The van der Waals surface area contributed by atoms with Crippen LogP contribution in [0, 0.1) is 19.8 Å². The molecule has 0 aromatic heterocycles. The lowest BCUT2D eigenvalue weighted by Crippen LogP contribution is -2.42. The molecule has 1 amide bonds. The maximum Gasteiger partial charge on any atom is 0.242 e. The van der Waals surface area contributed by atoms with E-state index in [1.165, 1.54) is 5.56 Å². The normalized spacial score (nSPS) is 23.1. The highest BCUT2D eigenvalue weighted by Gasteiger charge is 2.55. The average Bonchev–Trinajstić information content (AvgIpc) is 3.44. The Balaban J connectivity index is 1.51. The van der Waals surface area contributed by atoms with Gasteiger partial charge in [0, 0.05) is 18.0 Å². The standard InChI is InChI=1S/C31H37N3O3/c1-18(2)22-8-10-23(11-9-22)29-26-27(25-17-19(3)16-20(4)30(25)35)32-33-28(26)31(36)34(29)15-14-21-6-12-24(37-5)13-7-21/h6-13,16-18,26-29,32-33,35H,14-15H2,1-5H3. The van der Waals surface area contributed by atoms with Crippen LogP contribution in [0.25, 0.3) is 0 Å². The number of methoxy groups -OCH3 is 1. The third-order valence-corrected chi connectivity index (χ3v) is 7.97. The van der Waals surface area contributed by atoms with E-state index >= 15 is 0 Å². The number of ether oxygens (including phenoxy) is 1. The molecule has 0 radical (unpaired) electrons. The number of carbonyl (C=O) groups is 1. The van der Waals surface area contributed by atoms with Gasteiger partial charge in [0.25, 0.3) is 0 Å². The van der Waals surface area contributed by atoms with Crippen LogP contribution in [0.1, 0.15) is 65.2 Å². The molecule has 3 aromatic rings. The predicted octanol–water partition coefficient (Wildman–Crippen LogP) is 5.10. The number of phenols is 1. The van der Waals surface area contributed by atoms with Crippen LogP contribution in [-0.4, -0.2) is 35.6 Å². The van der Waals surface area contributed by atoms with Crippen molar-refractivity contribution in [2.45, 2.75) is 58.2 Å². The Bertz CT molecular complexity index is 1270. The molecule has 2 fully saturated rings. The van der Waals surface area contributed by atoms with Crippen molar-refractivity contribution in [2.24, 2.45) is 5.92 Å². The first-order valence-electron chi connectivity index (χ1n) is 13.1. The first-order chi connectivity index (χ1) is 17.8. The number of nitrogens with one attached hydrogen (secondary N) is 2. The van der Waals surface area contributed by atoms with Crippen molar-refractivity contribution in [3.05, 3.63) is 94.0 Å². The van der Waals surface area contributed by atoms with Crippen LogP contribution >= 0.6 is 0 Å². The number of hydrogen-bond donors (Lipinski definition) is 3. The molecule has 4 unspecified atom stereocenters. The predicted molar refractivity (Wildman–Crippen MR) is 146 cm³/mol. The van der Waals surface area contributed by atoms with E-state index in [1.54, 1.807) is 7.11 Å². The molecule has 6 heteroatoms. The third kappa shape index (κ3) is 4.72. The third-order valence-electron chi connectivity index (χ3n) is 7.97. The fraction of sp³-hybridized carbons (Fsp3) is 0.387. The SMILES string of the molecule is COc1ccc(CCN2C(=O)C3NNC(c4cc(C)cc(C)c4O)C3C2c2ccc(C(C)C)cc2)cc1. The molecule has 0 bridgehead atoms. The minimum atomic E-state index is -0.365. The van der Waals surface area contributed by atoms with Crippen molar-refractivity contribution < 1.29 is 14.6 Å². The molecule has 3 aromatic carbocycles. The Labute approximate surface area is 219 Å². The molecule has 37 heavy (non-hydrogen) atoms. The molecular formula is C31H37N3O3. The van der Waals surface area contributed by atoms with Crippen LogP contribution < -0.4 is 15.6 Å². The Morgan fingerprint density at radius 2 is 1.65 bits per heavy atom. The van der Waals surface area contributed by atoms with Gasteiger partial charge in [-0.2, -0.15) is 0 Å². The van der Waals surface area contributed by atoms with Crippen LogP contribution in [0.5, 0.6) is 11.5 Å². The molecule has 2 aliphatic rings. The van der Waals surface area contributed by atoms with Gasteiger partial charge in [0.1, 0.15) is 17.5 Å². The van der Waals surface area contributed by atoms with Crippen molar-refractivity contribution in [3.8, 4) is 11.5 Å². The summed E-state index contributed by atoms with van der Waals surface area (Å²) in [7, 11) is 1.66. The van der Waals surface area contributed by atoms with Crippen molar-refractivity contribution in [1.82, 2.24) is 15.8 Å². The molecule has 3 N–H and O–H groups in total. The first kappa shape index (κ1) is 25.3. The molecular weight excluding hydrogens is 462 g/mol. The minimum absolute atomic E-state index is 0.0691. The second-order valence-electron chi connectivity index (χ2n) is 10.7. The molecule has 0 saturated carbocycles. The summed E-state index contributed by atoms with van der Waals surface area (Å²) in [6, 6.07) is 20.1. The number of rotatable bonds is 7. The average molecular weight is 500 g/mol. The quantitative estimate of drug-likeness (QED) is 0.422. The summed E-state index contributed by atoms with van der Waals surface area (Å²) >= 11 is 0. The van der Waals surface area contributed by atoms with E-state index < -0.39 is 0 Å². The molecule has 2 saturated heterocycles. The summed E-state index contributed by atoms with van der Waals surface area (Å²) in [6.07, 6.45) is 0.753. The van der Waals surface area contributed by atoms with Gasteiger partial charge in [-0.25, -0.2) is 10.9 Å². The molecule has 194 valence electrons. The number of nitrogens with zero attached hydrogens (tertiary/aromatic N) is 1. The van der Waals surface area contributed by atoms with E-state index in [4.69, 9.17) is 4.74 Å². The highest BCUT2D eigenvalue weighted by atomic mass is 16.5. The van der Waals surface area contributed by atoms with E-state index in [1.807, 2.05) is 43.0 Å². The minimum Gasteiger partial charge on any atom is -0.507 e. The zero-order chi connectivity index (χ0) is 26.3. The van der Waals surface area contributed by atoms with Gasteiger partial charge in [0.05, 0.1) is 19.2 Å². The Hall–Kier alpha value is -3.35. The molecule has 2 aliphatic heterocycles. The second-order valence-corrected chi connectivity index (χ2v) is 10.7. The lowest BCUT2D eigenvalue weighted by atomic mass is 9.82. The van der Waals surface area contributed by atoms with Gasteiger partial charge in [-0.1, -0.05) is 67.9 Å². The van der Waals surface area contributed by atoms with Crippen LogP contribution in [0.2, 0.25) is 0 Å². The molecule has 4 atom stereocenters. The number of hydrogen-bond acceptors (Lipinski definition) is 5. The maximum atomic E-state index is 13.8. The number of aryl methyl sites for hydroxylation is 2. The second kappa shape index (κ2) is 10.2. The lowest BCUT2D eigenvalue weighted by molar-refractivity contribution is -0.130. The van der Waals surface area contributed by atoms with Gasteiger partial charge >= 0.3 is 0 Å². The van der Waals surface area contributed by atoms with Crippen molar-refractivity contribution in [2.75, 3.05) is 13.7 Å². The molecule has 5 rings (SSSR count). The summed E-state index contributed by atoms with van der Waals surface area (Å²) in [4.78, 5) is 15.8. The molecule has 6 nitrogen and oxygen atoms in total. The van der Waals surface area contributed by atoms with Gasteiger partial charge in [0.15, 0.2) is 0 Å². The number of aromatic hydroxyl groups is 1. The number of amides is 1. The summed E-state index contributed by atoms with van der Waals surface area (Å²) in [5, 5.41) is 11.0. The van der Waals surface area contributed by atoms with Gasteiger partial charge in [-0.05, 0) is 60.6 Å². The van der Waals surface area contributed by atoms with E-state index in [9.17, 15) is 9.90 Å². The zero-order valence-electron chi connectivity index (χ0n) is 22.3. The number of benzene rings is 3. The molecule has 0 aliphatic carbocycles. The topological polar surface area (TPSA) is 73.8 Å². The van der Waals surface area contributed by atoms with Crippen LogP contribution in [0.3, 0.4) is 0 Å². The highest BCUT2D eigenvalue weighted by Crippen LogP contribution is 2.49. The summed E-state index contributed by atoms with van der Waals surface area (Å²) < 4.78 is 5.30. The fourth-order valence-corrected chi connectivity index (χ4v) is 5.97. The van der Waals surface area contributed by atoms with Crippen LogP contribution in [0.4, 0.5) is 0 Å². The van der Waals surface area contributed by atoms with Gasteiger partial charge in [-0.3, -0.25) is 4.79 Å². The zero-order valence-corrected chi connectivity index (χ0v) is 22.3. The number of carbonyl (C=O) groups excluding carboxylic acids is 1. The summed E-state index contributed by atoms with van der Waals surface area (Å²) in [6.45, 7) is 8.96. The van der Waals surface area contributed by atoms with Gasteiger partial charge in [-0.15, -0.1) is 0 Å². The maximum absolute atomic E-state index is 13.8. The first-order valence-corrected chi connectivity index (χ1v) is 13.1. The van der Waals surface area contributed by atoms with Crippen molar-refractivity contribution in [1.29, 1.82) is 0 Å². The largest absolute Gasteiger partial charge is 0.507 e. The van der Waals surface area contributed by atoms with Gasteiger partial charge < -0.3 is 14.7 Å². The van der Waals surface area contributed by atoms with Gasteiger partial charge in [0.2, 0.25) is 5.91 Å². The smallest absolute Gasteiger partial charge is 0.242 e. The Morgan fingerprint density at radius 3 is 2.30 bits per heavy atom. The van der Waals surface area contributed by atoms with Crippen molar-refractivity contribution >= 4 is 5.91 Å². The Morgan fingerprint density at radius 1 is 0.973 bits per heavy atom. The number of phenolic OH excluding ortho intramolecular Hbond substituents is 1. The van der Waals surface area contributed by atoms with E-state index in [-0.39, 0.29) is 30.0 Å². The summed E-state index contributed by atoms with van der Waals surface area (Å²) in [5.74, 6) is 1.58. The molecule has 2 heterocycles. The van der Waals surface area contributed by atoms with Crippen molar-refractivity contribution in [3.63, 3.8) is 0 Å². The number of hydrazine groups is 1. The number of likely N-dealkylation sites (tertiary alicyclic amines) is 1. The van der Waals surface area contributed by atoms with E-state index in [0.29, 0.717) is 18.2 Å². The lowest BCUT2D eigenvalue weighted by Gasteiger charge is -2.32. The fourth-order valence-electron chi connectivity index (χ4n) is 5.97.